The lowest BCUT2D eigenvalue weighted by Crippen LogP contribution is -1.99. The molecule has 0 aliphatic rings. The van der Waals surface area contributed by atoms with E-state index in [1.165, 1.54) is 186 Å². The number of unbranched alkanes of at least 4 members (excludes halogenated alkanes) is 24. The van der Waals surface area contributed by atoms with E-state index in [1.807, 2.05) is 0 Å². The largest absolute Gasteiger partial charge is 0.0654 e. The Kier molecular flexibility index (Phi) is 30.0. The standard InChI is InChI=1S/C33H68/c1-4-7-9-11-13-14-15-16-17-18-19-20-21-22-23-24-26-28-30-32-33(6-3)31-29-27-25-12-10-8-5-2/h33H,4-32H2,1-3H3. The zero-order valence-corrected chi connectivity index (χ0v) is 24.1. The van der Waals surface area contributed by atoms with Crippen molar-refractivity contribution in [3.63, 3.8) is 0 Å². The van der Waals surface area contributed by atoms with Crippen molar-refractivity contribution >= 4 is 0 Å². The molecule has 0 N–H and O–H groups in total. The predicted octanol–water partition coefficient (Wildman–Crippen LogP) is 13.0. The summed E-state index contributed by atoms with van der Waals surface area (Å²) in [4.78, 5) is 0. The summed E-state index contributed by atoms with van der Waals surface area (Å²) in [5.74, 6) is 1.02. The Balaban J connectivity index is 3.20. The Labute approximate surface area is 212 Å². The minimum atomic E-state index is 1.02. The van der Waals surface area contributed by atoms with Crippen LogP contribution in [0.2, 0.25) is 0 Å². The highest BCUT2D eigenvalue weighted by molar-refractivity contribution is 4.59. The second kappa shape index (κ2) is 30.0. The highest BCUT2D eigenvalue weighted by Gasteiger charge is 2.06. The first-order valence-electron chi connectivity index (χ1n) is 16.3. The minimum absolute atomic E-state index is 1.02. The molecule has 1 atom stereocenters. The van der Waals surface area contributed by atoms with Gasteiger partial charge in [0.2, 0.25) is 0 Å². The SMILES string of the molecule is CCCCCCCCCCCCCCCCCCCCCC(CC)CCCCCCCCC. The summed E-state index contributed by atoms with van der Waals surface area (Å²) in [5, 5.41) is 0. The van der Waals surface area contributed by atoms with Crippen molar-refractivity contribution < 1.29 is 0 Å². The van der Waals surface area contributed by atoms with Crippen LogP contribution in [0.3, 0.4) is 0 Å². The second-order valence-corrected chi connectivity index (χ2v) is 11.3. The van der Waals surface area contributed by atoms with Crippen molar-refractivity contribution in [2.45, 2.75) is 207 Å². The van der Waals surface area contributed by atoms with Gasteiger partial charge in [-0.2, -0.15) is 0 Å². The Morgan fingerprint density at radius 3 is 0.697 bits per heavy atom. The van der Waals surface area contributed by atoms with E-state index in [9.17, 15) is 0 Å². The molecule has 0 saturated carbocycles. The summed E-state index contributed by atoms with van der Waals surface area (Å²) in [6.45, 7) is 7.04. The van der Waals surface area contributed by atoms with Crippen LogP contribution in [0.5, 0.6) is 0 Å². The number of hydrogen-bond acceptors (Lipinski definition) is 0. The van der Waals surface area contributed by atoms with Crippen LogP contribution in [0.1, 0.15) is 207 Å². The molecular weight excluding hydrogens is 396 g/mol. The fraction of sp³-hybridized carbons (Fsp3) is 1.00. The van der Waals surface area contributed by atoms with Gasteiger partial charge in [0, 0.05) is 0 Å². The Morgan fingerprint density at radius 1 is 0.273 bits per heavy atom. The number of rotatable bonds is 29. The van der Waals surface area contributed by atoms with Crippen LogP contribution in [0, 0.1) is 5.92 Å². The van der Waals surface area contributed by atoms with Crippen molar-refractivity contribution in [3.8, 4) is 0 Å². The van der Waals surface area contributed by atoms with Crippen LogP contribution in [-0.4, -0.2) is 0 Å². The molecule has 0 heterocycles. The molecule has 0 heteroatoms. The van der Waals surface area contributed by atoms with Crippen molar-refractivity contribution in [1.82, 2.24) is 0 Å². The van der Waals surface area contributed by atoms with E-state index in [2.05, 4.69) is 20.8 Å². The summed E-state index contributed by atoms with van der Waals surface area (Å²) in [6, 6.07) is 0. The van der Waals surface area contributed by atoms with E-state index in [4.69, 9.17) is 0 Å². The molecule has 33 heavy (non-hydrogen) atoms. The summed E-state index contributed by atoms with van der Waals surface area (Å²) in [5.41, 5.74) is 0. The van der Waals surface area contributed by atoms with Crippen molar-refractivity contribution in [1.29, 1.82) is 0 Å². The zero-order valence-electron chi connectivity index (χ0n) is 24.1. The summed E-state index contributed by atoms with van der Waals surface area (Å²) >= 11 is 0. The molecule has 0 amide bonds. The molecule has 0 nitrogen and oxygen atoms in total. The second-order valence-electron chi connectivity index (χ2n) is 11.3. The summed E-state index contributed by atoms with van der Waals surface area (Å²) in [7, 11) is 0. The normalized spacial score (nSPS) is 12.5. The fourth-order valence-electron chi connectivity index (χ4n) is 5.45. The van der Waals surface area contributed by atoms with Gasteiger partial charge in [0.05, 0.1) is 0 Å². The first kappa shape index (κ1) is 33.0. The topological polar surface area (TPSA) is 0 Å². The minimum Gasteiger partial charge on any atom is -0.0654 e. The highest BCUT2D eigenvalue weighted by Crippen LogP contribution is 2.22. The molecule has 0 aromatic heterocycles. The first-order chi connectivity index (χ1) is 16.3. The van der Waals surface area contributed by atoms with E-state index in [1.54, 1.807) is 0 Å². The quantitative estimate of drug-likeness (QED) is 0.0965. The van der Waals surface area contributed by atoms with Gasteiger partial charge < -0.3 is 0 Å². The molecule has 0 spiro atoms. The van der Waals surface area contributed by atoms with Crippen LogP contribution in [0.25, 0.3) is 0 Å². The molecule has 0 aliphatic carbocycles. The average molecular weight is 465 g/mol. The highest BCUT2D eigenvalue weighted by atomic mass is 14.1. The van der Waals surface area contributed by atoms with Gasteiger partial charge >= 0.3 is 0 Å². The third-order valence-electron chi connectivity index (χ3n) is 8.01. The van der Waals surface area contributed by atoms with Gasteiger partial charge in [0.25, 0.3) is 0 Å². The van der Waals surface area contributed by atoms with E-state index >= 15 is 0 Å². The maximum Gasteiger partial charge on any atom is -0.0417 e. The molecular formula is C33H68. The third-order valence-corrected chi connectivity index (χ3v) is 8.01. The lowest BCUT2D eigenvalue weighted by Gasteiger charge is -2.14. The van der Waals surface area contributed by atoms with Crippen LogP contribution in [0.4, 0.5) is 0 Å². The molecule has 0 rings (SSSR count). The van der Waals surface area contributed by atoms with Crippen molar-refractivity contribution in [3.05, 3.63) is 0 Å². The molecule has 0 aromatic rings. The molecule has 0 bridgehead atoms. The summed E-state index contributed by atoms with van der Waals surface area (Å²) in [6.07, 6.45) is 42.8. The molecule has 200 valence electrons. The third kappa shape index (κ3) is 28.1. The Hall–Kier alpha value is 0. The van der Waals surface area contributed by atoms with Crippen molar-refractivity contribution in [2.75, 3.05) is 0 Å². The molecule has 0 saturated heterocycles. The van der Waals surface area contributed by atoms with Gasteiger partial charge in [0.15, 0.2) is 0 Å². The van der Waals surface area contributed by atoms with Crippen molar-refractivity contribution in [2.24, 2.45) is 5.92 Å². The smallest absolute Gasteiger partial charge is 0.0417 e. The van der Waals surface area contributed by atoms with Crippen LogP contribution < -0.4 is 0 Å². The molecule has 0 aliphatic heterocycles. The lowest BCUT2D eigenvalue weighted by atomic mass is 9.92. The van der Waals surface area contributed by atoms with Gasteiger partial charge in [0.1, 0.15) is 0 Å². The Morgan fingerprint density at radius 2 is 0.485 bits per heavy atom. The van der Waals surface area contributed by atoms with Gasteiger partial charge in [-0.15, -0.1) is 0 Å². The molecule has 0 radical (unpaired) electrons. The van der Waals surface area contributed by atoms with Crippen LogP contribution in [0.15, 0.2) is 0 Å². The average Bonchev–Trinajstić information content (AvgIpc) is 2.83. The first-order valence-corrected chi connectivity index (χ1v) is 16.3. The van der Waals surface area contributed by atoms with Gasteiger partial charge in [-0.05, 0) is 5.92 Å². The maximum absolute atomic E-state index is 2.42. The van der Waals surface area contributed by atoms with Crippen LogP contribution in [-0.2, 0) is 0 Å². The Bertz CT molecular complexity index is 320. The molecule has 0 fully saturated rings. The van der Waals surface area contributed by atoms with E-state index in [0.717, 1.165) is 5.92 Å². The molecule has 1 unspecified atom stereocenters. The van der Waals surface area contributed by atoms with Gasteiger partial charge in [-0.3, -0.25) is 0 Å². The lowest BCUT2D eigenvalue weighted by molar-refractivity contribution is 0.392. The maximum atomic E-state index is 2.42. The van der Waals surface area contributed by atoms with Gasteiger partial charge in [-0.25, -0.2) is 0 Å². The van der Waals surface area contributed by atoms with E-state index < -0.39 is 0 Å². The monoisotopic (exact) mass is 465 g/mol. The number of hydrogen-bond donors (Lipinski definition) is 0. The van der Waals surface area contributed by atoms with E-state index in [0.29, 0.717) is 0 Å². The van der Waals surface area contributed by atoms with E-state index in [-0.39, 0.29) is 0 Å². The fourth-order valence-corrected chi connectivity index (χ4v) is 5.45. The predicted molar refractivity (Wildman–Crippen MR) is 154 cm³/mol. The van der Waals surface area contributed by atoms with Gasteiger partial charge in [-0.1, -0.05) is 207 Å². The summed E-state index contributed by atoms with van der Waals surface area (Å²) < 4.78 is 0. The zero-order chi connectivity index (χ0) is 24.1. The van der Waals surface area contributed by atoms with Crippen LogP contribution >= 0.6 is 0 Å². The molecule has 0 aromatic carbocycles.